The molecule has 9 heteroatoms. The Morgan fingerprint density at radius 2 is 1.85 bits per heavy atom. The molecule has 0 fully saturated rings. The summed E-state index contributed by atoms with van der Waals surface area (Å²) in [5, 5.41) is 29.9. The van der Waals surface area contributed by atoms with E-state index in [1.54, 1.807) is 0 Å². The summed E-state index contributed by atoms with van der Waals surface area (Å²) in [4.78, 5) is 2.64. The van der Waals surface area contributed by atoms with Crippen LogP contribution < -0.4 is 5.23 Å². The zero-order chi connectivity index (χ0) is 15.0. The standard InChI is InChI=1S/C11H7Cl4N2O3/c12-5-1-4(10(18)6(13)3-5)2-7-9(17(19)20)8(14)11(15)16-7/h1,3,16,18-19H,2H2/q-1. The molecule has 1 aromatic carbocycles. The summed E-state index contributed by atoms with van der Waals surface area (Å²) in [7, 11) is 0. The van der Waals surface area contributed by atoms with Crippen molar-refractivity contribution in [1.29, 1.82) is 0 Å². The number of hydrogen-bond donors (Lipinski definition) is 3. The van der Waals surface area contributed by atoms with E-state index in [1.807, 2.05) is 0 Å². The molecule has 2 rings (SSSR count). The van der Waals surface area contributed by atoms with Crippen LogP contribution in [0.2, 0.25) is 20.2 Å². The van der Waals surface area contributed by atoms with Crippen LogP contribution in [0, 0.1) is 5.21 Å². The molecule has 108 valence electrons. The average Bonchev–Trinajstić information content (AvgIpc) is 2.61. The summed E-state index contributed by atoms with van der Waals surface area (Å²) in [6, 6.07) is 2.85. The Bertz CT molecular complexity index is 658. The van der Waals surface area contributed by atoms with Gasteiger partial charge in [0, 0.05) is 22.7 Å². The van der Waals surface area contributed by atoms with Crippen molar-refractivity contribution in [2.45, 2.75) is 6.42 Å². The van der Waals surface area contributed by atoms with Gasteiger partial charge >= 0.3 is 0 Å². The van der Waals surface area contributed by atoms with Gasteiger partial charge in [0.25, 0.3) is 0 Å². The van der Waals surface area contributed by atoms with Crippen molar-refractivity contribution in [2.24, 2.45) is 0 Å². The zero-order valence-electron chi connectivity index (χ0n) is 9.62. The van der Waals surface area contributed by atoms with Crippen LogP contribution in [0.5, 0.6) is 5.75 Å². The van der Waals surface area contributed by atoms with Crippen LogP contribution in [0.4, 0.5) is 5.69 Å². The Labute approximate surface area is 133 Å². The van der Waals surface area contributed by atoms with Gasteiger partial charge < -0.3 is 20.5 Å². The van der Waals surface area contributed by atoms with Crippen molar-refractivity contribution >= 4 is 52.1 Å². The van der Waals surface area contributed by atoms with Crippen molar-refractivity contribution in [3.05, 3.63) is 48.8 Å². The number of aromatic nitrogens is 1. The van der Waals surface area contributed by atoms with Crippen LogP contribution >= 0.6 is 46.4 Å². The number of aromatic amines is 1. The third-order valence-corrected chi connectivity index (χ3v) is 3.87. The predicted molar refractivity (Wildman–Crippen MR) is 79.4 cm³/mol. The van der Waals surface area contributed by atoms with Crippen molar-refractivity contribution in [3.63, 3.8) is 0 Å². The fraction of sp³-hybridized carbons (Fsp3) is 0.0909. The number of nitrogens with zero attached hydrogens (tertiary/aromatic N) is 1. The SMILES string of the molecule is [O-]N(O)c1c(Cc2cc(Cl)cc(Cl)c2O)[nH]c(Cl)c1Cl. The maximum atomic E-state index is 11.1. The number of aromatic hydroxyl groups is 1. The first kappa shape index (κ1) is 15.6. The quantitative estimate of drug-likeness (QED) is 0.701. The molecule has 1 heterocycles. The minimum atomic E-state index is -0.400. The third kappa shape index (κ3) is 2.93. The Kier molecular flexibility index (Phi) is 4.59. The van der Waals surface area contributed by atoms with Gasteiger partial charge in [0.1, 0.15) is 15.9 Å². The molecule has 3 N–H and O–H groups in total. The van der Waals surface area contributed by atoms with Gasteiger partial charge in [-0.2, -0.15) is 0 Å². The van der Waals surface area contributed by atoms with Crippen molar-refractivity contribution < 1.29 is 10.3 Å². The number of H-pyrrole nitrogens is 1. The molecule has 0 saturated carbocycles. The fourth-order valence-corrected chi connectivity index (χ4v) is 2.73. The smallest absolute Gasteiger partial charge is 0.137 e. The molecule has 0 amide bonds. The van der Waals surface area contributed by atoms with Gasteiger partial charge in [-0.15, -0.1) is 0 Å². The topological polar surface area (TPSA) is 82.6 Å². The molecular weight excluding hydrogens is 350 g/mol. The van der Waals surface area contributed by atoms with Crippen LogP contribution in [-0.4, -0.2) is 15.3 Å². The number of halogens is 4. The Morgan fingerprint density at radius 3 is 2.45 bits per heavy atom. The average molecular weight is 357 g/mol. The summed E-state index contributed by atoms with van der Waals surface area (Å²) in [5.74, 6) is -0.181. The van der Waals surface area contributed by atoms with Gasteiger partial charge in [-0.25, -0.2) is 0 Å². The number of benzene rings is 1. The molecule has 0 atom stereocenters. The Hall–Kier alpha value is -0.820. The van der Waals surface area contributed by atoms with E-state index in [4.69, 9.17) is 51.6 Å². The van der Waals surface area contributed by atoms with E-state index in [2.05, 4.69) is 4.98 Å². The van der Waals surface area contributed by atoms with Crippen LogP contribution in [0.15, 0.2) is 12.1 Å². The van der Waals surface area contributed by atoms with Crippen LogP contribution in [-0.2, 0) is 6.42 Å². The first-order valence-electron chi connectivity index (χ1n) is 5.20. The largest absolute Gasteiger partial charge is 0.733 e. The molecule has 5 nitrogen and oxygen atoms in total. The number of rotatable bonds is 3. The van der Waals surface area contributed by atoms with Gasteiger partial charge in [-0.3, -0.25) is 5.21 Å². The lowest BCUT2D eigenvalue weighted by Crippen LogP contribution is -2.09. The normalized spacial score (nSPS) is 10.9. The Balaban J connectivity index is 2.48. The molecule has 1 aromatic heterocycles. The first-order valence-corrected chi connectivity index (χ1v) is 6.71. The van der Waals surface area contributed by atoms with E-state index in [0.717, 1.165) is 0 Å². The molecule has 0 saturated heterocycles. The lowest BCUT2D eigenvalue weighted by molar-refractivity contribution is 0.296. The highest BCUT2D eigenvalue weighted by molar-refractivity contribution is 6.43. The number of nitrogens with one attached hydrogen (secondary N) is 1. The van der Waals surface area contributed by atoms with E-state index < -0.39 is 5.23 Å². The molecule has 0 aliphatic carbocycles. The highest BCUT2D eigenvalue weighted by Crippen LogP contribution is 2.39. The van der Waals surface area contributed by atoms with Crippen LogP contribution in [0.3, 0.4) is 0 Å². The van der Waals surface area contributed by atoms with E-state index in [-0.39, 0.29) is 38.8 Å². The van der Waals surface area contributed by atoms with Crippen LogP contribution in [0.25, 0.3) is 0 Å². The van der Waals surface area contributed by atoms with Crippen LogP contribution in [0.1, 0.15) is 11.3 Å². The zero-order valence-corrected chi connectivity index (χ0v) is 12.6. The summed E-state index contributed by atoms with van der Waals surface area (Å²) in [6.07, 6.45) is 0.0210. The van der Waals surface area contributed by atoms with Gasteiger partial charge in [-0.1, -0.05) is 46.4 Å². The highest BCUT2D eigenvalue weighted by atomic mass is 35.5. The highest BCUT2D eigenvalue weighted by Gasteiger charge is 2.18. The van der Waals surface area contributed by atoms with Crippen molar-refractivity contribution in [1.82, 2.24) is 4.98 Å². The van der Waals surface area contributed by atoms with Crippen molar-refractivity contribution in [2.75, 3.05) is 5.23 Å². The summed E-state index contributed by atoms with van der Waals surface area (Å²) >= 11 is 23.2. The second-order valence-electron chi connectivity index (χ2n) is 3.93. The lowest BCUT2D eigenvalue weighted by atomic mass is 10.1. The van der Waals surface area contributed by atoms with E-state index in [1.165, 1.54) is 12.1 Å². The van der Waals surface area contributed by atoms with Gasteiger partial charge in [0.2, 0.25) is 0 Å². The number of phenols is 1. The maximum absolute atomic E-state index is 11.1. The third-order valence-electron chi connectivity index (χ3n) is 2.61. The molecule has 0 unspecified atom stereocenters. The van der Waals surface area contributed by atoms with E-state index in [9.17, 15) is 10.3 Å². The summed E-state index contributed by atoms with van der Waals surface area (Å²) in [6.45, 7) is 0. The first-order chi connectivity index (χ1) is 9.31. The number of phenolic OH excluding ortho intramolecular Hbond substituents is 1. The van der Waals surface area contributed by atoms with E-state index >= 15 is 0 Å². The molecule has 0 aliphatic heterocycles. The van der Waals surface area contributed by atoms with E-state index in [0.29, 0.717) is 10.6 Å². The molecule has 0 spiro atoms. The molecule has 0 aliphatic rings. The second kappa shape index (κ2) is 5.89. The number of hydrogen-bond acceptors (Lipinski definition) is 4. The maximum Gasteiger partial charge on any atom is 0.137 e. The Morgan fingerprint density at radius 1 is 1.20 bits per heavy atom. The molecule has 20 heavy (non-hydrogen) atoms. The summed E-state index contributed by atoms with van der Waals surface area (Å²) in [5.41, 5.74) is 0.332. The second-order valence-corrected chi connectivity index (χ2v) is 5.52. The fourth-order valence-electron chi connectivity index (χ4n) is 1.75. The molecule has 0 bridgehead atoms. The minimum Gasteiger partial charge on any atom is -0.733 e. The monoisotopic (exact) mass is 355 g/mol. The van der Waals surface area contributed by atoms with Gasteiger partial charge in [-0.05, 0) is 12.1 Å². The number of anilines is 1. The van der Waals surface area contributed by atoms with Gasteiger partial charge in [0.05, 0.1) is 10.7 Å². The predicted octanol–water partition coefficient (Wildman–Crippen LogP) is 4.62. The summed E-state index contributed by atoms with van der Waals surface area (Å²) < 4.78 is 0. The molecule has 2 aromatic rings. The lowest BCUT2D eigenvalue weighted by Gasteiger charge is -2.22. The van der Waals surface area contributed by atoms with Crippen molar-refractivity contribution in [3.8, 4) is 5.75 Å². The van der Waals surface area contributed by atoms with Gasteiger partial charge in [0.15, 0.2) is 0 Å². The molecular formula is C11H7Cl4N2O3-. The minimum absolute atomic E-state index is 0.000758. The molecule has 0 radical (unpaired) electrons.